The quantitative estimate of drug-likeness (QED) is 0.619. The van der Waals surface area contributed by atoms with Gasteiger partial charge >= 0.3 is 0 Å². The molecule has 2 aromatic rings. The van der Waals surface area contributed by atoms with Crippen molar-refractivity contribution in [3.05, 3.63) is 59.1 Å². The standard InChI is InChI=1S/C23H28ClN3O2S/c1-2-18-7-3-5-9-20(18)25-22(28)17-26-12-14-27(15-13-26)23(29)11-16-30-21-10-6-4-8-19(21)24/h3-10H,2,11-17H2,1H3,(H,25,28). The molecule has 0 bridgehead atoms. The first-order valence-corrected chi connectivity index (χ1v) is 11.7. The number of hydrogen-bond acceptors (Lipinski definition) is 4. The van der Waals surface area contributed by atoms with Crippen molar-refractivity contribution in [2.75, 3.05) is 43.8 Å². The van der Waals surface area contributed by atoms with Crippen LogP contribution < -0.4 is 5.32 Å². The van der Waals surface area contributed by atoms with E-state index < -0.39 is 0 Å². The summed E-state index contributed by atoms with van der Waals surface area (Å²) in [6, 6.07) is 15.6. The number of rotatable bonds is 8. The Hall–Kier alpha value is -2.02. The molecule has 3 rings (SSSR count). The summed E-state index contributed by atoms with van der Waals surface area (Å²) in [5, 5.41) is 3.74. The van der Waals surface area contributed by atoms with Gasteiger partial charge in [0, 0.05) is 48.9 Å². The van der Waals surface area contributed by atoms with Crippen LogP contribution in [0.15, 0.2) is 53.4 Å². The number of hydrogen-bond donors (Lipinski definition) is 1. The molecule has 1 saturated heterocycles. The number of benzene rings is 2. The molecule has 30 heavy (non-hydrogen) atoms. The summed E-state index contributed by atoms with van der Waals surface area (Å²) in [4.78, 5) is 29.9. The minimum atomic E-state index is -0.00758. The summed E-state index contributed by atoms with van der Waals surface area (Å²) in [6.45, 7) is 5.18. The average Bonchev–Trinajstić information content (AvgIpc) is 2.76. The van der Waals surface area contributed by atoms with Crippen molar-refractivity contribution in [2.24, 2.45) is 0 Å². The van der Waals surface area contributed by atoms with Gasteiger partial charge in [-0.3, -0.25) is 14.5 Å². The number of nitrogens with one attached hydrogen (secondary N) is 1. The van der Waals surface area contributed by atoms with Gasteiger partial charge in [-0.2, -0.15) is 0 Å². The van der Waals surface area contributed by atoms with E-state index >= 15 is 0 Å². The second-order valence-corrected chi connectivity index (χ2v) is 8.79. The third kappa shape index (κ3) is 6.49. The third-order valence-electron chi connectivity index (χ3n) is 5.17. The van der Waals surface area contributed by atoms with Crippen LogP contribution in [0.25, 0.3) is 0 Å². The summed E-state index contributed by atoms with van der Waals surface area (Å²) < 4.78 is 0. The fourth-order valence-corrected chi connectivity index (χ4v) is 4.64. The predicted octanol–water partition coefficient (Wildman–Crippen LogP) is 4.17. The minimum absolute atomic E-state index is 0.00758. The lowest BCUT2D eigenvalue weighted by molar-refractivity contribution is -0.132. The van der Waals surface area contributed by atoms with Gasteiger partial charge < -0.3 is 10.2 Å². The molecule has 0 saturated carbocycles. The highest BCUT2D eigenvalue weighted by Gasteiger charge is 2.22. The zero-order valence-corrected chi connectivity index (χ0v) is 18.8. The number of halogens is 1. The molecule has 0 atom stereocenters. The Balaban J connectivity index is 1.38. The molecule has 0 spiro atoms. The number of para-hydroxylation sites is 1. The van der Waals surface area contributed by atoms with Crippen molar-refractivity contribution >= 4 is 40.9 Å². The maximum absolute atomic E-state index is 12.5. The fraction of sp³-hybridized carbons (Fsp3) is 0.391. The molecule has 0 aliphatic carbocycles. The number of amides is 2. The van der Waals surface area contributed by atoms with Crippen molar-refractivity contribution in [3.63, 3.8) is 0 Å². The molecule has 1 fully saturated rings. The van der Waals surface area contributed by atoms with E-state index in [2.05, 4.69) is 17.1 Å². The van der Waals surface area contributed by atoms with Crippen LogP contribution in [0.1, 0.15) is 18.9 Å². The predicted molar refractivity (Wildman–Crippen MR) is 124 cm³/mol. The summed E-state index contributed by atoms with van der Waals surface area (Å²) in [7, 11) is 0. The molecule has 0 radical (unpaired) electrons. The molecule has 2 aromatic carbocycles. The largest absolute Gasteiger partial charge is 0.340 e. The molecular weight excluding hydrogens is 418 g/mol. The molecule has 1 aliphatic heterocycles. The lowest BCUT2D eigenvalue weighted by Crippen LogP contribution is -2.50. The molecule has 0 aromatic heterocycles. The van der Waals surface area contributed by atoms with Gasteiger partial charge in [0.2, 0.25) is 11.8 Å². The molecule has 1 N–H and O–H groups in total. The van der Waals surface area contributed by atoms with Crippen LogP contribution in [0, 0.1) is 0 Å². The van der Waals surface area contributed by atoms with Crippen molar-refractivity contribution in [1.29, 1.82) is 0 Å². The van der Waals surface area contributed by atoms with Crippen LogP contribution in [0.4, 0.5) is 5.69 Å². The van der Waals surface area contributed by atoms with Crippen LogP contribution in [-0.2, 0) is 16.0 Å². The molecule has 5 nitrogen and oxygen atoms in total. The SMILES string of the molecule is CCc1ccccc1NC(=O)CN1CCN(C(=O)CCSc2ccccc2Cl)CC1. The van der Waals surface area contributed by atoms with E-state index in [9.17, 15) is 9.59 Å². The molecular formula is C23H28ClN3O2S. The Bertz CT molecular complexity index is 869. The first-order chi connectivity index (χ1) is 14.6. The highest BCUT2D eigenvalue weighted by Crippen LogP contribution is 2.27. The van der Waals surface area contributed by atoms with Crippen molar-refractivity contribution in [3.8, 4) is 0 Å². The Morgan fingerprint density at radius 2 is 1.73 bits per heavy atom. The van der Waals surface area contributed by atoms with Gasteiger partial charge in [0.15, 0.2) is 0 Å². The monoisotopic (exact) mass is 445 g/mol. The maximum atomic E-state index is 12.5. The van der Waals surface area contributed by atoms with Gasteiger partial charge in [-0.15, -0.1) is 11.8 Å². The van der Waals surface area contributed by atoms with Crippen molar-refractivity contribution < 1.29 is 9.59 Å². The molecule has 1 aliphatic rings. The van der Waals surface area contributed by atoms with Crippen LogP contribution >= 0.6 is 23.4 Å². The Morgan fingerprint density at radius 3 is 2.47 bits per heavy atom. The van der Waals surface area contributed by atoms with Gasteiger partial charge in [0.1, 0.15) is 0 Å². The second-order valence-electron chi connectivity index (χ2n) is 7.24. The zero-order chi connectivity index (χ0) is 21.3. The first kappa shape index (κ1) is 22.7. The number of carbonyl (C=O) groups is 2. The zero-order valence-electron chi connectivity index (χ0n) is 17.3. The summed E-state index contributed by atoms with van der Waals surface area (Å²) in [5.74, 6) is 0.865. The molecule has 0 unspecified atom stereocenters. The smallest absolute Gasteiger partial charge is 0.238 e. The normalized spacial score (nSPS) is 14.5. The van der Waals surface area contributed by atoms with Crippen LogP contribution in [-0.4, -0.2) is 60.1 Å². The molecule has 160 valence electrons. The number of aryl methyl sites for hydroxylation is 1. The molecule has 7 heteroatoms. The van der Waals surface area contributed by atoms with Gasteiger partial charge in [0.05, 0.1) is 11.6 Å². The second kappa shape index (κ2) is 11.4. The molecule has 2 amide bonds. The van der Waals surface area contributed by atoms with Gasteiger partial charge in [-0.05, 0) is 30.2 Å². The number of nitrogens with zero attached hydrogens (tertiary/aromatic N) is 2. The maximum Gasteiger partial charge on any atom is 0.238 e. The highest BCUT2D eigenvalue weighted by atomic mass is 35.5. The van der Waals surface area contributed by atoms with Gasteiger partial charge in [0.25, 0.3) is 0 Å². The highest BCUT2D eigenvalue weighted by molar-refractivity contribution is 7.99. The summed E-state index contributed by atoms with van der Waals surface area (Å²) in [5.41, 5.74) is 2.02. The van der Waals surface area contributed by atoms with Crippen LogP contribution in [0.3, 0.4) is 0 Å². The fourth-order valence-electron chi connectivity index (χ4n) is 3.47. The van der Waals surface area contributed by atoms with E-state index in [1.54, 1.807) is 11.8 Å². The Kier molecular flexibility index (Phi) is 8.61. The number of carbonyl (C=O) groups excluding carboxylic acids is 2. The van der Waals surface area contributed by atoms with Crippen LogP contribution in [0.5, 0.6) is 0 Å². The topological polar surface area (TPSA) is 52.7 Å². The van der Waals surface area contributed by atoms with Gasteiger partial charge in [-0.1, -0.05) is 48.9 Å². The van der Waals surface area contributed by atoms with E-state index in [-0.39, 0.29) is 11.8 Å². The number of thioether (sulfide) groups is 1. The number of anilines is 1. The summed E-state index contributed by atoms with van der Waals surface area (Å²) >= 11 is 7.77. The number of piperazine rings is 1. The lowest BCUT2D eigenvalue weighted by Gasteiger charge is -2.34. The summed E-state index contributed by atoms with van der Waals surface area (Å²) in [6.07, 6.45) is 1.37. The van der Waals surface area contributed by atoms with E-state index in [0.29, 0.717) is 44.9 Å². The molecule has 1 heterocycles. The van der Waals surface area contributed by atoms with E-state index in [1.807, 2.05) is 53.4 Å². The lowest BCUT2D eigenvalue weighted by atomic mass is 10.1. The first-order valence-electron chi connectivity index (χ1n) is 10.3. The minimum Gasteiger partial charge on any atom is -0.340 e. The van der Waals surface area contributed by atoms with Gasteiger partial charge in [-0.25, -0.2) is 0 Å². The van der Waals surface area contributed by atoms with E-state index in [4.69, 9.17) is 11.6 Å². The Labute approximate surface area is 187 Å². The van der Waals surface area contributed by atoms with E-state index in [1.165, 1.54) is 0 Å². The van der Waals surface area contributed by atoms with Crippen LogP contribution in [0.2, 0.25) is 5.02 Å². The van der Waals surface area contributed by atoms with Crippen molar-refractivity contribution in [2.45, 2.75) is 24.7 Å². The third-order valence-corrected chi connectivity index (χ3v) is 6.69. The average molecular weight is 446 g/mol. The Morgan fingerprint density at radius 1 is 1.03 bits per heavy atom. The van der Waals surface area contributed by atoms with E-state index in [0.717, 1.165) is 27.6 Å². The van der Waals surface area contributed by atoms with Crippen molar-refractivity contribution in [1.82, 2.24) is 9.80 Å².